The molecule has 0 aliphatic rings. The molecule has 0 amide bonds. The van der Waals surface area contributed by atoms with Gasteiger partial charge in [0.2, 0.25) is 0 Å². The fraction of sp³-hybridized carbons (Fsp3) is 0.130. The molecule has 0 unspecified atom stereocenters. The van der Waals surface area contributed by atoms with Gasteiger partial charge >= 0.3 is 0 Å². The number of phenolic OH excluding ortho intramolecular Hbond substituents is 1. The summed E-state index contributed by atoms with van der Waals surface area (Å²) in [6.45, 7) is 2.56. The molecule has 0 spiro atoms. The Balaban J connectivity index is 2.30. The fourth-order valence-electron chi connectivity index (χ4n) is 2.36. The highest BCUT2D eigenvalue weighted by Crippen LogP contribution is 2.21. The lowest BCUT2D eigenvalue weighted by atomic mass is 10.0. The van der Waals surface area contributed by atoms with Gasteiger partial charge in [-0.3, -0.25) is 0 Å². The number of allylic oxidation sites excluding steroid dienone is 6. The van der Waals surface area contributed by atoms with Crippen molar-refractivity contribution in [1.82, 2.24) is 0 Å². The zero-order valence-electron chi connectivity index (χ0n) is 15.2. The van der Waals surface area contributed by atoms with Crippen molar-refractivity contribution in [1.29, 1.82) is 0 Å². The molecule has 0 aliphatic carbocycles. The lowest BCUT2D eigenvalue weighted by Gasteiger charge is -2.05. The highest BCUT2D eigenvalue weighted by atomic mass is 16.5. The van der Waals surface area contributed by atoms with Crippen LogP contribution in [-0.4, -0.2) is 18.8 Å². The van der Waals surface area contributed by atoms with Gasteiger partial charge in [0.25, 0.3) is 0 Å². The van der Waals surface area contributed by atoms with E-state index in [2.05, 4.69) is 12.2 Å². The van der Waals surface area contributed by atoms with Gasteiger partial charge in [0.1, 0.15) is 11.5 Å². The fourth-order valence-corrected chi connectivity index (χ4v) is 2.36. The predicted molar refractivity (Wildman–Crippen MR) is 110 cm³/mol. The highest BCUT2D eigenvalue weighted by molar-refractivity contribution is 5.80. The molecule has 0 fully saturated rings. The van der Waals surface area contributed by atoms with Gasteiger partial charge in [0, 0.05) is 6.54 Å². The summed E-state index contributed by atoms with van der Waals surface area (Å²) in [5.74, 6) is 1.09. The largest absolute Gasteiger partial charge is 0.508 e. The van der Waals surface area contributed by atoms with Crippen molar-refractivity contribution in [2.75, 3.05) is 13.7 Å². The summed E-state index contributed by atoms with van der Waals surface area (Å²) in [4.78, 5) is 0. The minimum Gasteiger partial charge on any atom is -0.508 e. The number of benzene rings is 2. The van der Waals surface area contributed by atoms with Crippen LogP contribution in [0.15, 0.2) is 84.5 Å². The lowest BCUT2D eigenvalue weighted by Crippen LogP contribution is -1.93. The first-order chi connectivity index (χ1) is 12.6. The first-order valence-corrected chi connectivity index (χ1v) is 8.49. The number of aromatic hydroxyl groups is 1. The van der Waals surface area contributed by atoms with Crippen LogP contribution in [0.25, 0.3) is 11.6 Å². The van der Waals surface area contributed by atoms with Crippen molar-refractivity contribution in [3.63, 3.8) is 0 Å². The minimum absolute atomic E-state index is 0.262. The van der Waals surface area contributed by atoms with Gasteiger partial charge in [0.15, 0.2) is 0 Å². The van der Waals surface area contributed by atoms with Crippen molar-refractivity contribution in [3.05, 3.63) is 95.6 Å². The molecule has 0 heterocycles. The topological polar surface area (TPSA) is 55.5 Å². The molecule has 0 saturated heterocycles. The summed E-state index contributed by atoms with van der Waals surface area (Å²) < 4.78 is 5.23. The second-order valence-corrected chi connectivity index (χ2v) is 5.82. The SMILES string of the molecule is COc1ccc(C(=C\C=C\C(C)=C\CN)/C=C/c2ccc(O)cc2)cc1. The lowest BCUT2D eigenvalue weighted by molar-refractivity contribution is 0.415. The van der Waals surface area contributed by atoms with Crippen molar-refractivity contribution < 1.29 is 9.84 Å². The van der Waals surface area contributed by atoms with Crippen LogP contribution >= 0.6 is 0 Å². The van der Waals surface area contributed by atoms with Crippen molar-refractivity contribution in [2.45, 2.75) is 6.92 Å². The molecule has 0 aromatic heterocycles. The first kappa shape index (κ1) is 19.3. The number of rotatable bonds is 7. The smallest absolute Gasteiger partial charge is 0.118 e. The van der Waals surface area contributed by atoms with Crippen LogP contribution in [-0.2, 0) is 0 Å². The average molecular weight is 347 g/mol. The summed E-state index contributed by atoms with van der Waals surface area (Å²) in [7, 11) is 1.66. The Morgan fingerprint density at radius 3 is 2.35 bits per heavy atom. The van der Waals surface area contributed by atoms with Crippen LogP contribution in [0.3, 0.4) is 0 Å². The van der Waals surface area contributed by atoms with Crippen LogP contribution in [0.5, 0.6) is 11.5 Å². The third kappa shape index (κ3) is 6.11. The maximum Gasteiger partial charge on any atom is 0.118 e. The number of phenols is 1. The second kappa shape index (κ2) is 10.1. The molecular weight excluding hydrogens is 322 g/mol. The monoisotopic (exact) mass is 347 g/mol. The molecule has 2 rings (SSSR count). The molecule has 0 saturated carbocycles. The molecule has 3 heteroatoms. The minimum atomic E-state index is 0.262. The Morgan fingerprint density at radius 1 is 1.04 bits per heavy atom. The van der Waals surface area contributed by atoms with E-state index in [1.807, 2.05) is 67.6 Å². The van der Waals surface area contributed by atoms with E-state index in [1.165, 1.54) is 0 Å². The molecule has 2 aromatic carbocycles. The van der Waals surface area contributed by atoms with Gasteiger partial charge in [0.05, 0.1) is 7.11 Å². The van der Waals surface area contributed by atoms with Gasteiger partial charge in [-0.1, -0.05) is 66.3 Å². The molecule has 3 nitrogen and oxygen atoms in total. The molecule has 0 aliphatic heterocycles. The summed E-state index contributed by atoms with van der Waals surface area (Å²) in [5, 5.41) is 9.40. The zero-order valence-corrected chi connectivity index (χ0v) is 15.2. The van der Waals surface area contributed by atoms with Crippen LogP contribution in [0, 0.1) is 0 Å². The summed E-state index contributed by atoms with van der Waals surface area (Å²) in [6, 6.07) is 15.1. The van der Waals surface area contributed by atoms with Crippen molar-refractivity contribution in [2.24, 2.45) is 5.73 Å². The maximum atomic E-state index is 9.40. The van der Waals surface area contributed by atoms with Gasteiger partial charge in [-0.05, 0) is 47.9 Å². The Kier molecular flexibility index (Phi) is 7.47. The van der Waals surface area contributed by atoms with Crippen LogP contribution in [0.2, 0.25) is 0 Å². The normalized spacial score (nSPS) is 12.9. The van der Waals surface area contributed by atoms with Gasteiger partial charge in [-0.15, -0.1) is 0 Å². The van der Waals surface area contributed by atoms with E-state index < -0.39 is 0 Å². The maximum absolute atomic E-state index is 9.40. The number of methoxy groups -OCH3 is 1. The molecule has 0 atom stereocenters. The summed E-state index contributed by atoms with van der Waals surface area (Å²) in [6.07, 6.45) is 12.2. The van der Waals surface area contributed by atoms with E-state index in [0.717, 1.165) is 28.0 Å². The second-order valence-electron chi connectivity index (χ2n) is 5.82. The number of nitrogens with two attached hydrogens (primary N) is 1. The number of ether oxygens (including phenoxy) is 1. The molecule has 0 radical (unpaired) electrons. The third-order valence-electron chi connectivity index (χ3n) is 3.85. The van der Waals surface area contributed by atoms with Crippen LogP contribution in [0.1, 0.15) is 18.1 Å². The van der Waals surface area contributed by atoms with Crippen LogP contribution < -0.4 is 10.5 Å². The quantitative estimate of drug-likeness (QED) is 0.696. The zero-order chi connectivity index (χ0) is 18.8. The van der Waals surface area contributed by atoms with E-state index in [0.29, 0.717) is 6.54 Å². The van der Waals surface area contributed by atoms with Crippen molar-refractivity contribution in [3.8, 4) is 11.5 Å². The molecule has 2 aromatic rings. The Labute approximate surface area is 155 Å². The third-order valence-corrected chi connectivity index (χ3v) is 3.85. The Bertz CT molecular complexity index is 810. The number of hydrogen-bond acceptors (Lipinski definition) is 3. The van der Waals surface area contributed by atoms with Gasteiger partial charge in [-0.25, -0.2) is 0 Å². The van der Waals surface area contributed by atoms with E-state index in [1.54, 1.807) is 19.2 Å². The van der Waals surface area contributed by atoms with E-state index in [9.17, 15) is 5.11 Å². The molecule has 3 N–H and O–H groups in total. The predicted octanol–water partition coefficient (Wildman–Crippen LogP) is 4.96. The summed E-state index contributed by atoms with van der Waals surface area (Å²) in [5.41, 5.74) is 9.84. The Hall–Kier alpha value is -3.04. The van der Waals surface area contributed by atoms with E-state index in [-0.39, 0.29) is 5.75 Å². The van der Waals surface area contributed by atoms with Crippen LogP contribution in [0.4, 0.5) is 0 Å². The average Bonchev–Trinajstić information content (AvgIpc) is 2.66. The van der Waals surface area contributed by atoms with E-state index >= 15 is 0 Å². The molecule has 134 valence electrons. The Morgan fingerprint density at radius 2 is 1.73 bits per heavy atom. The standard InChI is InChI=1S/C23H25NO2/c1-18(16-17-24)4-3-5-20(21-10-14-23(26-2)15-11-21)9-6-19-7-12-22(25)13-8-19/h3-16,25H,17,24H2,1-2H3/b4-3+,9-6+,18-16+,20-5-. The number of hydrogen-bond donors (Lipinski definition) is 2. The summed E-state index contributed by atoms with van der Waals surface area (Å²) >= 11 is 0. The van der Waals surface area contributed by atoms with Gasteiger partial charge in [-0.2, -0.15) is 0 Å². The first-order valence-electron chi connectivity index (χ1n) is 8.49. The molecule has 0 bridgehead atoms. The molecule has 26 heavy (non-hydrogen) atoms. The van der Waals surface area contributed by atoms with Gasteiger partial charge < -0.3 is 15.6 Å². The van der Waals surface area contributed by atoms with E-state index in [4.69, 9.17) is 10.5 Å². The highest BCUT2D eigenvalue weighted by Gasteiger charge is 1.99. The van der Waals surface area contributed by atoms with Crippen molar-refractivity contribution >= 4 is 11.6 Å². The molecular formula is C23H25NO2.